The van der Waals surface area contributed by atoms with Gasteiger partial charge in [-0.15, -0.1) is 0 Å². The molecular formula is C8H17NO2. The molecule has 0 aromatic heterocycles. The zero-order valence-corrected chi connectivity index (χ0v) is 7.30. The number of ether oxygens (including phenoxy) is 1. The number of carbonyl (C=O) groups excluding carboxylic acids is 1. The maximum absolute atomic E-state index is 10.4. The molecule has 0 heterocycles. The molecule has 11 heavy (non-hydrogen) atoms. The molecule has 0 fully saturated rings. The SMILES string of the molecule is CCC(N)COCCC(C)=O. The van der Waals surface area contributed by atoms with Crippen LogP contribution in [0.25, 0.3) is 0 Å². The van der Waals surface area contributed by atoms with Crippen LogP contribution >= 0.6 is 0 Å². The summed E-state index contributed by atoms with van der Waals surface area (Å²) in [6.07, 6.45) is 1.41. The number of hydrogen-bond acceptors (Lipinski definition) is 3. The Hall–Kier alpha value is -0.410. The third-order valence-corrected chi connectivity index (χ3v) is 1.45. The van der Waals surface area contributed by atoms with E-state index in [9.17, 15) is 4.79 Å². The van der Waals surface area contributed by atoms with Crippen molar-refractivity contribution in [2.45, 2.75) is 32.7 Å². The van der Waals surface area contributed by atoms with Gasteiger partial charge >= 0.3 is 0 Å². The second kappa shape index (κ2) is 6.31. The molecule has 0 amide bonds. The van der Waals surface area contributed by atoms with Crippen molar-refractivity contribution < 1.29 is 9.53 Å². The quantitative estimate of drug-likeness (QED) is 0.581. The lowest BCUT2D eigenvalue weighted by Gasteiger charge is -2.08. The summed E-state index contributed by atoms with van der Waals surface area (Å²) in [7, 11) is 0. The molecule has 0 rings (SSSR count). The average molecular weight is 159 g/mol. The molecular weight excluding hydrogens is 142 g/mol. The second-order valence-electron chi connectivity index (χ2n) is 2.70. The van der Waals surface area contributed by atoms with Gasteiger partial charge in [0.2, 0.25) is 0 Å². The summed E-state index contributed by atoms with van der Waals surface area (Å²) in [5, 5.41) is 0. The lowest BCUT2D eigenvalue weighted by Crippen LogP contribution is -2.25. The van der Waals surface area contributed by atoms with Crippen LogP contribution in [0.2, 0.25) is 0 Å². The van der Waals surface area contributed by atoms with E-state index in [0.717, 1.165) is 6.42 Å². The van der Waals surface area contributed by atoms with E-state index < -0.39 is 0 Å². The van der Waals surface area contributed by atoms with Gasteiger partial charge in [-0.1, -0.05) is 6.92 Å². The van der Waals surface area contributed by atoms with Crippen LogP contribution < -0.4 is 5.73 Å². The van der Waals surface area contributed by atoms with Crippen LogP contribution in [-0.4, -0.2) is 25.0 Å². The van der Waals surface area contributed by atoms with Crippen LogP contribution in [0.15, 0.2) is 0 Å². The topological polar surface area (TPSA) is 52.3 Å². The summed E-state index contributed by atoms with van der Waals surface area (Å²) in [6, 6.07) is 0.113. The number of ketones is 1. The van der Waals surface area contributed by atoms with E-state index in [1.807, 2.05) is 6.92 Å². The van der Waals surface area contributed by atoms with Gasteiger partial charge in [-0.3, -0.25) is 4.79 Å². The van der Waals surface area contributed by atoms with Crippen LogP contribution in [0, 0.1) is 0 Å². The van der Waals surface area contributed by atoms with Crippen molar-refractivity contribution in [2.75, 3.05) is 13.2 Å². The number of carbonyl (C=O) groups is 1. The fourth-order valence-electron chi connectivity index (χ4n) is 0.568. The maximum Gasteiger partial charge on any atom is 0.132 e. The first kappa shape index (κ1) is 10.6. The molecule has 0 aliphatic carbocycles. The van der Waals surface area contributed by atoms with Crippen molar-refractivity contribution in [1.82, 2.24) is 0 Å². The highest BCUT2D eigenvalue weighted by atomic mass is 16.5. The van der Waals surface area contributed by atoms with Gasteiger partial charge in [0.05, 0.1) is 13.2 Å². The fraction of sp³-hybridized carbons (Fsp3) is 0.875. The largest absolute Gasteiger partial charge is 0.379 e. The zero-order valence-electron chi connectivity index (χ0n) is 7.30. The van der Waals surface area contributed by atoms with Crippen molar-refractivity contribution >= 4 is 5.78 Å². The number of rotatable bonds is 6. The Kier molecular flexibility index (Phi) is 6.07. The minimum atomic E-state index is 0.113. The van der Waals surface area contributed by atoms with Crippen LogP contribution in [0.4, 0.5) is 0 Å². The van der Waals surface area contributed by atoms with Gasteiger partial charge in [0.25, 0.3) is 0 Å². The molecule has 0 saturated heterocycles. The first-order valence-electron chi connectivity index (χ1n) is 3.99. The van der Waals surface area contributed by atoms with E-state index in [4.69, 9.17) is 10.5 Å². The summed E-state index contributed by atoms with van der Waals surface area (Å²) in [6.45, 7) is 4.63. The van der Waals surface area contributed by atoms with Crippen LogP contribution in [0.1, 0.15) is 26.7 Å². The van der Waals surface area contributed by atoms with Gasteiger partial charge < -0.3 is 10.5 Å². The molecule has 1 atom stereocenters. The van der Waals surface area contributed by atoms with Crippen LogP contribution in [0.3, 0.4) is 0 Å². The van der Waals surface area contributed by atoms with Gasteiger partial charge in [0, 0.05) is 12.5 Å². The highest BCUT2D eigenvalue weighted by Crippen LogP contribution is 1.89. The molecule has 3 nitrogen and oxygen atoms in total. The Labute approximate surface area is 67.9 Å². The molecule has 0 aromatic rings. The Bertz CT molecular complexity index is 115. The van der Waals surface area contributed by atoms with E-state index in [0.29, 0.717) is 19.6 Å². The van der Waals surface area contributed by atoms with Crippen LogP contribution in [-0.2, 0) is 9.53 Å². The lowest BCUT2D eigenvalue weighted by molar-refractivity contribution is -0.118. The van der Waals surface area contributed by atoms with E-state index in [1.54, 1.807) is 6.92 Å². The molecule has 0 aliphatic heterocycles. The van der Waals surface area contributed by atoms with Gasteiger partial charge in [-0.25, -0.2) is 0 Å². The molecule has 0 radical (unpaired) electrons. The van der Waals surface area contributed by atoms with Crippen molar-refractivity contribution in [2.24, 2.45) is 5.73 Å². The Morgan fingerprint density at radius 2 is 2.27 bits per heavy atom. The van der Waals surface area contributed by atoms with Crippen molar-refractivity contribution in [3.8, 4) is 0 Å². The summed E-state index contributed by atoms with van der Waals surface area (Å²) in [5.74, 6) is 0.162. The lowest BCUT2D eigenvalue weighted by atomic mass is 10.2. The van der Waals surface area contributed by atoms with Gasteiger partial charge in [-0.2, -0.15) is 0 Å². The fourth-order valence-corrected chi connectivity index (χ4v) is 0.568. The smallest absolute Gasteiger partial charge is 0.132 e. The molecule has 0 spiro atoms. The molecule has 3 heteroatoms. The minimum absolute atomic E-state index is 0.113. The highest BCUT2D eigenvalue weighted by Gasteiger charge is 1.98. The van der Waals surface area contributed by atoms with E-state index in [-0.39, 0.29) is 11.8 Å². The van der Waals surface area contributed by atoms with Crippen molar-refractivity contribution in [3.63, 3.8) is 0 Å². The van der Waals surface area contributed by atoms with Gasteiger partial charge in [0.15, 0.2) is 0 Å². The predicted octanol–water partition coefficient (Wildman–Crippen LogP) is 0.719. The Morgan fingerprint density at radius 1 is 1.64 bits per heavy atom. The Morgan fingerprint density at radius 3 is 2.73 bits per heavy atom. The molecule has 0 saturated carbocycles. The summed E-state index contributed by atoms with van der Waals surface area (Å²) >= 11 is 0. The summed E-state index contributed by atoms with van der Waals surface area (Å²) in [4.78, 5) is 10.4. The van der Waals surface area contributed by atoms with Crippen molar-refractivity contribution in [1.29, 1.82) is 0 Å². The number of hydrogen-bond donors (Lipinski definition) is 1. The minimum Gasteiger partial charge on any atom is -0.379 e. The normalized spacial score (nSPS) is 13.0. The number of nitrogens with two attached hydrogens (primary N) is 1. The molecule has 0 bridgehead atoms. The molecule has 66 valence electrons. The van der Waals surface area contributed by atoms with Crippen LogP contribution in [0.5, 0.6) is 0 Å². The molecule has 0 aromatic carbocycles. The van der Waals surface area contributed by atoms with E-state index in [2.05, 4.69) is 0 Å². The monoisotopic (exact) mass is 159 g/mol. The van der Waals surface area contributed by atoms with Crippen molar-refractivity contribution in [3.05, 3.63) is 0 Å². The molecule has 0 aliphatic rings. The van der Waals surface area contributed by atoms with E-state index >= 15 is 0 Å². The standard InChI is InChI=1S/C8H17NO2/c1-3-8(9)6-11-5-4-7(2)10/h8H,3-6,9H2,1-2H3. The summed E-state index contributed by atoms with van der Waals surface area (Å²) in [5.41, 5.74) is 5.58. The zero-order chi connectivity index (χ0) is 8.69. The second-order valence-corrected chi connectivity index (χ2v) is 2.70. The van der Waals surface area contributed by atoms with Gasteiger partial charge in [0.1, 0.15) is 5.78 Å². The average Bonchev–Trinajstić information content (AvgIpc) is 1.97. The summed E-state index contributed by atoms with van der Waals surface area (Å²) < 4.78 is 5.15. The third-order valence-electron chi connectivity index (χ3n) is 1.45. The predicted molar refractivity (Wildman–Crippen MR) is 44.4 cm³/mol. The Balaban J connectivity index is 3.08. The first-order valence-corrected chi connectivity index (χ1v) is 3.99. The first-order chi connectivity index (χ1) is 5.16. The molecule has 1 unspecified atom stereocenters. The number of Topliss-reactive ketones (excluding diaryl/α,β-unsaturated/α-hetero) is 1. The highest BCUT2D eigenvalue weighted by molar-refractivity contribution is 5.75. The van der Waals surface area contributed by atoms with Gasteiger partial charge in [-0.05, 0) is 13.3 Å². The third kappa shape index (κ3) is 7.49. The molecule has 2 N–H and O–H groups in total. The maximum atomic E-state index is 10.4. The van der Waals surface area contributed by atoms with E-state index in [1.165, 1.54) is 0 Å².